The number of nitrogens with zero attached hydrogens (tertiary/aromatic N) is 8. The van der Waals surface area contributed by atoms with Gasteiger partial charge in [0.15, 0.2) is 5.82 Å². The summed E-state index contributed by atoms with van der Waals surface area (Å²) in [5.41, 5.74) is 4.32. The lowest BCUT2D eigenvalue weighted by Gasteiger charge is -2.24. The van der Waals surface area contributed by atoms with Gasteiger partial charge in [0.05, 0.1) is 30.0 Å². The standard InChI is InChI=1S/C28H30N8O3/c1-17(2)34(5)25-13-19-20(22(31-25)15-33(4)28(38)39)14-35(27(19)37)24-12-8-10-21(30-24)26-32-29-16-36(26)23-11-7-6-9-18(23)3/h6-13,16-17H,14-15H2,1-5H3,(H,38,39). The minimum Gasteiger partial charge on any atom is -0.465 e. The monoisotopic (exact) mass is 526 g/mol. The van der Waals surface area contributed by atoms with E-state index in [-0.39, 0.29) is 25.0 Å². The van der Waals surface area contributed by atoms with Crippen molar-refractivity contribution >= 4 is 23.6 Å². The highest BCUT2D eigenvalue weighted by atomic mass is 16.4. The molecule has 1 aliphatic rings. The summed E-state index contributed by atoms with van der Waals surface area (Å²) < 4.78 is 1.87. The Morgan fingerprint density at radius 1 is 1.10 bits per heavy atom. The van der Waals surface area contributed by atoms with Crippen molar-refractivity contribution in [3.05, 3.63) is 77.2 Å². The van der Waals surface area contributed by atoms with E-state index in [9.17, 15) is 14.7 Å². The van der Waals surface area contributed by atoms with Crippen molar-refractivity contribution in [2.45, 2.75) is 39.9 Å². The van der Waals surface area contributed by atoms with Crippen LogP contribution in [0, 0.1) is 6.92 Å². The summed E-state index contributed by atoms with van der Waals surface area (Å²) in [7, 11) is 3.39. The normalized spacial score (nSPS) is 12.7. The molecule has 0 bridgehead atoms. The Kier molecular flexibility index (Phi) is 6.73. The minimum absolute atomic E-state index is 0.0611. The zero-order valence-electron chi connectivity index (χ0n) is 22.5. The van der Waals surface area contributed by atoms with E-state index in [0.717, 1.165) is 16.2 Å². The number of aromatic nitrogens is 5. The van der Waals surface area contributed by atoms with Crippen molar-refractivity contribution in [3.63, 3.8) is 0 Å². The molecule has 0 saturated carbocycles. The number of hydrogen-bond donors (Lipinski definition) is 1. The van der Waals surface area contributed by atoms with Crippen LogP contribution in [-0.2, 0) is 13.1 Å². The van der Waals surface area contributed by atoms with Crippen LogP contribution in [0.15, 0.2) is 54.9 Å². The molecule has 5 rings (SSSR count). The van der Waals surface area contributed by atoms with Gasteiger partial charge in [0.25, 0.3) is 5.91 Å². The first kappa shape index (κ1) is 25.8. The summed E-state index contributed by atoms with van der Waals surface area (Å²) in [6, 6.07) is 15.3. The van der Waals surface area contributed by atoms with Gasteiger partial charge in [0, 0.05) is 25.7 Å². The summed E-state index contributed by atoms with van der Waals surface area (Å²) >= 11 is 0. The maximum absolute atomic E-state index is 13.7. The number of para-hydroxylation sites is 1. The third-order valence-corrected chi connectivity index (χ3v) is 7.00. The SMILES string of the molecule is Cc1ccccc1-n1cnnc1-c1cccc(N2Cc3c(cc(N(C)C(C)C)nc3CN(C)C(=O)O)C2=O)n1. The lowest BCUT2D eigenvalue weighted by atomic mass is 10.1. The summed E-state index contributed by atoms with van der Waals surface area (Å²) in [6.07, 6.45) is 0.577. The van der Waals surface area contributed by atoms with E-state index in [1.807, 2.05) is 73.7 Å². The highest BCUT2D eigenvalue weighted by Crippen LogP contribution is 2.33. The zero-order chi connectivity index (χ0) is 27.8. The van der Waals surface area contributed by atoms with Crippen LogP contribution in [0.2, 0.25) is 0 Å². The van der Waals surface area contributed by atoms with Gasteiger partial charge in [-0.05, 0) is 50.6 Å². The molecule has 0 spiro atoms. The molecule has 0 radical (unpaired) electrons. The first-order valence-electron chi connectivity index (χ1n) is 12.6. The fourth-order valence-electron chi connectivity index (χ4n) is 4.52. The number of fused-ring (bicyclic) bond motifs is 1. The van der Waals surface area contributed by atoms with E-state index in [4.69, 9.17) is 9.97 Å². The minimum atomic E-state index is -1.07. The Morgan fingerprint density at radius 2 is 1.87 bits per heavy atom. The molecule has 11 nitrogen and oxygen atoms in total. The van der Waals surface area contributed by atoms with Gasteiger partial charge < -0.3 is 14.9 Å². The van der Waals surface area contributed by atoms with E-state index in [2.05, 4.69) is 10.2 Å². The van der Waals surface area contributed by atoms with Crippen LogP contribution < -0.4 is 9.80 Å². The number of carboxylic acid groups (broad SMARTS) is 1. The van der Waals surface area contributed by atoms with Crippen molar-refractivity contribution in [1.82, 2.24) is 29.6 Å². The van der Waals surface area contributed by atoms with Gasteiger partial charge in [0.1, 0.15) is 23.7 Å². The third kappa shape index (κ3) is 4.78. The number of amides is 2. The Balaban J connectivity index is 1.53. The van der Waals surface area contributed by atoms with Gasteiger partial charge >= 0.3 is 6.09 Å². The molecule has 4 aromatic rings. The number of aryl methyl sites for hydroxylation is 1. The molecule has 2 amide bonds. The highest BCUT2D eigenvalue weighted by Gasteiger charge is 2.34. The molecule has 0 fully saturated rings. The Labute approximate surface area is 226 Å². The molecular formula is C28H30N8O3. The number of pyridine rings is 2. The van der Waals surface area contributed by atoms with Gasteiger partial charge in [0.2, 0.25) is 0 Å². The number of carbonyl (C=O) groups excluding carboxylic acids is 1. The summed E-state index contributed by atoms with van der Waals surface area (Å²) in [5.74, 6) is 1.42. The molecule has 1 aliphatic heterocycles. The topological polar surface area (TPSA) is 121 Å². The third-order valence-electron chi connectivity index (χ3n) is 7.00. The zero-order valence-corrected chi connectivity index (χ0v) is 22.5. The molecule has 0 saturated heterocycles. The van der Waals surface area contributed by atoms with Gasteiger partial charge in [-0.25, -0.2) is 14.8 Å². The van der Waals surface area contributed by atoms with Gasteiger partial charge in [-0.1, -0.05) is 24.3 Å². The number of benzene rings is 1. The average molecular weight is 527 g/mol. The molecule has 200 valence electrons. The fourth-order valence-corrected chi connectivity index (χ4v) is 4.52. The van der Waals surface area contributed by atoms with Crippen LogP contribution in [0.5, 0.6) is 0 Å². The molecule has 0 unspecified atom stereocenters. The lowest BCUT2D eigenvalue weighted by Crippen LogP contribution is -2.29. The van der Waals surface area contributed by atoms with Gasteiger partial charge in [-0.2, -0.15) is 0 Å². The van der Waals surface area contributed by atoms with Crippen molar-refractivity contribution in [1.29, 1.82) is 0 Å². The van der Waals surface area contributed by atoms with E-state index >= 15 is 0 Å². The second-order valence-corrected chi connectivity index (χ2v) is 9.88. The summed E-state index contributed by atoms with van der Waals surface area (Å²) in [5, 5.41) is 17.9. The van der Waals surface area contributed by atoms with Gasteiger partial charge in [-0.15, -0.1) is 10.2 Å². The number of hydrogen-bond acceptors (Lipinski definition) is 7. The number of anilines is 2. The fraction of sp³-hybridized carbons (Fsp3) is 0.286. The second kappa shape index (κ2) is 10.2. The van der Waals surface area contributed by atoms with Crippen LogP contribution in [-0.4, -0.2) is 66.9 Å². The van der Waals surface area contributed by atoms with E-state index in [1.54, 1.807) is 23.4 Å². The highest BCUT2D eigenvalue weighted by molar-refractivity contribution is 6.10. The molecule has 1 N–H and O–H groups in total. The number of rotatable bonds is 7. The van der Waals surface area contributed by atoms with E-state index < -0.39 is 6.09 Å². The molecule has 4 heterocycles. The predicted molar refractivity (Wildman–Crippen MR) is 147 cm³/mol. The van der Waals surface area contributed by atoms with Crippen LogP contribution in [0.3, 0.4) is 0 Å². The Bertz CT molecular complexity index is 1560. The van der Waals surface area contributed by atoms with E-state index in [1.165, 1.54) is 7.05 Å². The van der Waals surface area contributed by atoms with Crippen molar-refractivity contribution in [2.75, 3.05) is 23.9 Å². The van der Waals surface area contributed by atoms with Crippen LogP contribution in [0.1, 0.15) is 41.0 Å². The smallest absolute Gasteiger partial charge is 0.407 e. The maximum atomic E-state index is 13.7. The molecule has 3 aromatic heterocycles. The van der Waals surface area contributed by atoms with Crippen LogP contribution in [0.4, 0.5) is 16.4 Å². The molecule has 39 heavy (non-hydrogen) atoms. The second-order valence-electron chi connectivity index (χ2n) is 9.88. The first-order chi connectivity index (χ1) is 18.7. The first-order valence-corrected chi connectivity index (χ1v) is 12.6. The van der Waals surface area contributed by atoms with Crippen LogP contribution >= 0.6 is 0 Å². The molecule has 1 aromatic carbocycles. The molecular weight excluding hydrogens is 496 g/mol. The average Bonchev–Trinajstić information content (AvgIpc) is 3.53. The van der Waals surface area contributed by atoms with Gasteiger partial charge in [-0.3, -0.25) is 14.3 Å². The van der Waals surface area contributed by atoms with Crippen molar-refractivity contribution in [3.8, 4) is 17.2 Å². The van der Waals surface area contributed by atoms with E-state index in [0.29, 0.717) is 40.0 Å². The molecule has 0 atom stereocenters. The summed E-state index contributed by atoms with van der Waals surface area (Å²) in [4.78, 5) is 39.6. The quantitative estimate of drug-likeness (QED) is 0.381. The molecule has 0 aliphatic carbocycles. The largest absolute Gasteiger partial charge is 0.465 e. The van der Waals surface area contributed by atoms with Crippen molar-refractivity contribution < 1.29 is 14.7 Å². The maximum Gasteiger partial charge on any atom is 0.407 e. The predicted octanol–water partition coefficient (Wildman–Crippen LogP) is 4.15. The van der Waals surface area contributed by atoms with Crippen molar-refractivity contribution in [2.24, 2.45) is 0 Å². The summed E-state index contributed by atoms with van der Waals surface area (Å²) in [6.45, 7) is 6.36. The molecule has 11 heteroatoms. The Morgan fingerprint density at radius 3 is 2.59 bits per heavy atom. The number of carbonyl (C=O) groups is 2. The lowest BCUT2D eigenvalue weighted by molar-refractivity contribution is 0.0996. The van der Waals surface area contributed by atoms with Crippen LogP contribution in [0.25, 0.3) is 17.2 Å². The Hall–Kier alpha value is -4.80.